The molecular formula is C8H16N2. The van der Waals surface area contributed by atoms with Crippen LogP contribution in [0.25, 0.3) is 0 Å². The molecule has 0 aliphatic carbocycles. The zero-order valence-electron chi connectivity index (χ0n) is 7.07. The summed E-state index contributed by atoms with van der Waals surface area (Å²) in [6.45, 7) is 6.57. The summed E-state index contributed by atoms with van der Waals surface area (Å²) in [5, 5.41) is 4.24. The highest BCUT2D eigenvalue weighted by Gasteiger charge is 2.27. The molecule has 1 heterocycles. The van der Waals surface area contributed by atoms with Gasteiger partial charge in [0.05, 0.1) is 5.54 Å². The Morgan fingerprint density at radius 1 is 1.60 bits per heavy atom. The van der Waals surface area contributed by atoms with Crippen molar-refractivity contribution in [3.05, 3.63) is 0 Å². The van der Waals surface area contributed by atoms with Gasteiger partial charge >= 0.3 is 0 Å². The van der Waals surface area contributed by atoms with E-state index in [1.807, 2.05) is 0 Å². The average molecular weight is 140 g/mol. The zero-order valence-corrected chi connectivity index (χ0v) is 7.07. The average Bonchev–Trinajstić information content (AvgIpc) is 2.33. The fourth-order valence-corrected chi connectivity index (χ4v) is 1.15. The summed E-state index contributed by atoms with van der Waals surface area (Å²) >= 11 is 0. The zero-order chi connectivity index (χ0) is 7.61. The Bertz CT molecular complexity index is 151. The van der Waals surface area contributed by atoms with Crippen LogP contribution in [0.2, 0.25) is 0 Å². The van der Waals surface area contributed by atoms with Crippen molar-refractivity contribution in [1.29, 1.82) is 0 Å². The van der Waals surface area contributed by atoms with Gasteiger partial charge in [-0.05, 0) is 19.8 Å². The van der Waals surface area contributed by atoms with Crippen LogP contribution in [0.3, 0.4) is 0 Å². The molecule has 1 rings (SSSR count). The van der Waals surface area contributed by atoms with Crippen molar-refractivity contribution < 1.29 is 0 Å². The van der Waals surface area contributed by atoms with E-state index in [9.17, 15) is 0 Å². The molecule has 1 atom stereocenters. The minimum Gasteiger partial charge on any atom is -0.304 e. The van der Waals surface area contributed by atoms with Crippen LogP contribution in [-0.4, -0.2) is 11.3 Å². The van der Waals surface area contributed by atoms with Crippen LogP contribution >= 0.6 is 0 Å². The van der Waals surface area contributed by atoms with E-state index in [2.05, 4.69) is 31.3 Å². The van der Waals surface area contributed by atoms with E-state index in [1.165, 1.54) is 5.71 Å². The summed E-state index contributed by atoms with van der Waals surface area (Å²) in [5.41, 5.74) is 4.74. The molecule has 0 saturated heterocycles. The first-order valence-electron chi connectivity index (χ1n) is 4.03. The van der Waals surface area contributed by atoms with Crippen LogP contribution in [0.1, 0.15) is 40.0 Å². The summed E-state index contributed by atoms with van der Waals surface area (Å²) in [4.78, 5) is 0. The minimum atomic E-state index is 0.255. The fourth-order valence-electron chi connectivity index (χ4n) is 1.15. The highest BCUT2D eigenvalue weighted by atomic mass is 15.4. The molecule has 0 fully saturated rings. The van der Waals surface area contributed by atoms with E-state index < -0.39 is 0 Å². The Morgan fingerprint density at radius 2 is 2.30 bits per heavy atom. The van der Waals surface area contributed by atoms with Crippen LogP contribution in [-0.2, 0) is 0 Å². The standard InChI is InChI=1S/C8H16N2/c1-4-7-6-8(3,5-2)10-9-7/h10H,4-6H2,1-3H3. The molecule has 0 aromatic heterocycles. The maximum Gasteiger partial charge on any atom is 0.0570 e. The van der Waals surface area contributed by atoms with Gasteiger partial charge in [-0.25, -0.2) is 0 Å². The molecule has 0 amide bonds. The fraction of sp³-hybridized carbons (Fsp3) is 0.875. The first-order chi connectivity index (χ1) is 4.70. The normalized spacial score (nSPS) is 31.7. The molecule has 0 aromatic rings. The summed E-state index contributed by atoms with van der Waals surface area (Å²) in [6.07, 6.45) is 3.36. The number of nitrogens with one attached hydrogen (secondary N) is 1. The second kappa shape index (κ2) is 2.60. The first kappa shape index (κ1) is 7.58. The SMILES string of the molecule is CCC1=NNC(C)(CC)C1. The minimum absolute atomic E-state index is 0.255. The molecule has 0 spiro atoms. The Labute approximate surface area is 62.7 Å². The van der Waals surface area contributed by atoms with Gasteiger partial charge in [-0.15, -0.1) is 0 Å². The molecule has 0 bridgehead atoms. The Morgan fingerprint density at radius 3 is 2.60 bits per heavy atom. The maximum absolute atomic E-state index is 4.24. The maximum atomic E-state index is 4.24. The third-order valence-corrected chi connectivity index (χ3v) is 2.27. The number of hydrazone groups is 1. The smallest absolute Gasteiger partial charge is 0.0570 e. The van der Waals surface area contributed by atoms with Gasteiger partial charge in [-0.2, -0.15) is 5.10 Å². The lowest BCUT2D eigenvalue weighted by atomic mass is 9.93. The van der Waals surface area contributed by atoms with E-state index in [1.54, 1.807) is 0 Å². The second-order valence-corrected chi connectivity index (χ2v) is 3.23. The highest BCUT2D eigenvalue weighted by molar-refractivity contribution is 5.86. The number of nitrogens with zero attached hydrogens (tertiary/aromatic N) is 1. The molecule has 0 aromatic carbocycles. The van der Waals surface area contributed by atoms with E-state index in [0.717, 1.165) is 19.3 Å². The van der Waals surface area contributed by atoms with E-state index >= 15 is 0 Å². The molecule has 1 unspecified atom stereocenters. The summed E-state index contributed by atoms with van der Waals surface area (Å²) in [6, 6.07) is 0. The predicted octanol–water partition coefficient (Wildman–Crippen LogP) is 1.91. The largest absolute Gasteiger partial charge is 0.304 e. The number of hydrogen-bond acceptors (Lipinski definition) is 2. The van der Waals surface area contributed by atoms with Crippen LogP contribution in [0.5, 0.6) is 0 Å². The van der Waals surface area contributed by atoms with E-state index in [-0.39, 0.29) is 5.54 Å². The van der Waals surface area contributed by atoms with Crippen LogP contribution < -0.4 is 5.43 Å². The second-order valence-electron chi connectivity index (χ2n) is 3.23. The molecule has 1 aliphatic heterocycles. The molecule has 58 valence electrons. The van der Waals surface area contributed by atoms with Gasteiger partial charge in [-0.3, -0.25) is 0 Å². The van der Waals surface area contributed by atoms with Crippen molar-refractivity contribution in [2.75, 3.05) is 0 Å². The van der Waals surface area contributed by atoms with Crippen molar-refractivity contribution >= 4 is 5.71 Å². The van der Waals surface area contributed by atoms with Crippen LogP contribution in [0.15, 0.2) is 5.10 Å². The third-order valence-electron chi connectivity index (χ3n) is 2.27. The molecule has 2 nitrogen and oxygen atoms in total. The molecule has 0 saturated carbocycles. The van der Waals surface area contributed by atoms with Gasteiger partial charge < -0.3 is 5.43 Å². The molecule has 0 radical (unpaired) electrons. The predicted molar refractivity (Wildman–Crippen MR) is 44.2 cm³/mol. The topological polar surface area (TPSA) is 24.4 Å². The summed E-state index contributed by atoms with van der Waals surface area (Å²) in [7, 11) is 0. The van der Waals surface area contributed by atoms with Gasteiger partial charge in [0.2, 0.25) is 0 Å². The van der Waals surface area contributed by atoms with E-state index in [4.69, 9.17) is 0 Å². The quantitative estimate of drug-likeness (QED) is 0.622. The third kappa shape index (κ3) is 1.31. The van der Waals surface area contributed by atoms with Gasteiger partial charge in [0.25, 0.3) is 0 Å². The van der Waals surface area contributed by atoms with Gasteiger partial charge in [0.1, 0.15) is 0 Å². The van der Waals surface area contributed by atoms with Crippen molar-refractivity contribution in [2.45, 2.75) is 45.6 Å². The van der Waals surface area contributed by atoms with Crippen LogP contribution in [0.4, 0.5) is 0 Å². The molecular weight excluding hydrogens is 124 g/mol. The van der Waals surface area contributed by atoms with E-state index in [0.29, 0.717) is 0 Å². The number of rotatable bonds is 2. The lowest BCUT2D eigenvalue weighted by Gasteiger charge is -2.20. The van der Waals surface area contributed by atoms with Crippen molar-refractivity contribution in [2.24, 2.45) is 5.10 Å². The Kier molecular flexibility index (Phi) is 1.97. The van der Waals surface area contributed by atoms with Gasteiger partial charge in [0, 0.05) is 12.1 Å². The lowest BCUT2D eigenvalue weighted by Crippen LogP contribution is -2.34. The van der Waals surface area contributed by atoms with Crippen molar-refractivity contribution in [1.82, 2.24) is 5.43 Å². The van der Waals surface area contributed by atoms with Crippen molar-refractivity contribution in [3.8, 4) is 0 Å². The van der Waals surface area contributed by atoms with Crippen LogP contribution in [0, 0.1) is 0 Å². The molecule has 1 N–H and O–H groups in total. The summed E-state index contributed by atoms with van der Waals surface area (Å²) in [5.74, 6) is 0. The van der Waals surface area contributed by atoms with Crippen molar-refractivity contribution in [3.63, 3.8) is 0 Å². The molecule has 1 aliphatic rings. The van der Waals surface area contributed by atoms with Gasteiger partial charge in [-0.1, -0.05) is 13.8 Å². The summed E-state index contributed by atoms with van der Waals surface area (Å²) < 4.78 is 0. The number of hydrogen-bond donors (Lipinski definition) is 1. The first-order valence-corrected chi connectivity index (χ1v) is 4.03. The Balaban J connectivity index is 2.49. The molecule has 10 heavy (non-hydrogen) atoms. The monoisotopic (exact) mass is 140 g/mol. The Hall–Kier alpha value is -0.530. The lowest BCUT2D eigenvalue weighted by molar-refractivity contribution is 0.390. The molecule has 2 heteroatoms. The van der Waals surface area contributed by atoms with Gasteiger partial charge in [0.15, 0.2) is 0 Å². The highest BCUT2D eigenvalue weighted by Crippen LogP contribution is 2.20.